The van der Waals surface area contributed by atoms with Crippen LogP contribution in [0.3, 0.4) is 0 Å². The molecule has 0 spiro atoms. The van der Waals surface area contributed by atoms with Crippen molar-refractivity contribution in [3.05, 3.63) is 89.7 Å². The van der Waals surface area contributed by atoms with E-state index in [2.05, 4.69) is 10.4 Å². The summed E-state index contributed by atoms with van der Waals surface area (Å²) >= 11 is 0. The quantitative estimate of drug-likeness (QED) is 0.783. The van der Waals surface area contributed by atoms with E-state index in [1.165, 1.54) is 0 Å². The number of carbonyl (C=O) groups excluding carboxylic acids is 1. The number of carbonyl (C=O) groups is 1. The molecule has 122 valence electrons. The molecule has 1 N–H and O–H groups in total. The van der Waals surface area contributed by atoms with Crippen molar-refractivity contribution >= 4 is 5.91 Å². The fraction of sp³-hybridized carbons (Fsp3) is 0.200. The number of rotatable bonds is 5. The molecule has 4 nitrogen and oxygen atoms in total. The summed E-state index contributed by atoms with van der Waals surface area (Å²) < 4.78 is 1.74. The van der Waals surface area contributed by atoms with Crippen LogP contribution in [-0.2, 0) is 11.8 Å². The van der Waals surface area contributed by atoms with Crippen LogP contribution >= 0.6 is 0 Å². The van der Waals surface area contributed by atoms with Crippen LogP contribution < -0.4 is 5.32 Å². The van der Waals surface area contributed by atoms with Crippen molar-refractivity contribution in [2.75, 3.05) is 0 Å². The van der Waals surface area contributed by atoms with Crippen LogP contribution in [-0.4, -0.2) is 15.7 Å². The zero-order valence-electron chi connectivity index (χ0n) is 13.9. The van der Waals surface area contributed by atoms with Crippen LogP contribution in [0.25, 0.3) is 0 Å². The van der Waals surface area contributed by atoms with Gasteiger partial charge in [0.2, 0.25) is 5.91 Å². The molecule has 0 unspecified atom stereocenters. The first kappa shape index (κ1) is 16.0. The van der Waals surface area contributed by atoms with Gasteiger partial charge in [0.15, 0.2) is 0 Å². The van der Waals surface area contributed by atoms with Crippen LogP contribution in [0.1, 0.15) is 35.6 Å². The van der Waals surface area contributed by atoms with E-state index in [1.54, 1.807) is 10.9 Å². The fourth-order valence-electron chi connectivity index (χ4n) is 2.83. The maximum atomic E-state index is 13.0. The Bertz CT molecular complexity index is 757. The second kappa shape index (κ2) is 7.13. The molecule has 0 radical (unpaired) electrons. The number of hydrogen-bond acceptors (Lipinski definition) is 2. The number of hydrogen-bond donors (Lipinski definition) is 1. The molecular weight excluding hydrogens is 298 g/mol. The normalized spacial score (nSPS) is 12.1. The van der Waals surface area contributed by atoms with Crippen LogP contribution in [0.5, 0.6) is 0 Å². The molecule has 1 heterocycles. The molecule has 4 heteroatoms. The molecule has 0 aliphatic carbocycles. The molecule has 3 rings (SSSR count). The Morgan fingerprint density at radius 3 is 1.96 bits per heavy atom. The number of nitrogens with zero attached hydrogens (tertiary/aromatic N) is 2. The Labute approximate surface area is 142 Å². The Hall–Kier alpha value is -2.88. The molecule has 1 amide bonds. The van der Waals surface area contributed by atoms with Crippen LogP contribution in [0, 0.1) is 0 Å². The van der Waals surface area contributed by atoms with Crippen molar-refractivity contribution in [2.45, 2.75) is 18.9 Å². The Balaban J connectivity index is 1.87. The molecule has 0 aliphatic rings. The van der Waals surface area contributed by atoms with Gasteiger partial charge in [0, 0.05) is 18.8 Å². The third-order valence-electron chi connectivity index (χ3n) is 4.11. The van der Waals surface area contributed by atoms with E-state index in [0.29, 0.717) is 0 Å². The summed E-state index contributed by atoms with van der Waals surface area (Å²) in [5.74, 6) is -0.338. The maximum Gasteiger partial charge on any atom is 0.232 e. The number of nitrogens with one attached hydrogen (secondary N) is 1. The SMILES string of the molecule is C[C@H](NC(=O)C(c1ccccc1)c1ccccc1)c1cnn(C)c1. The third kappa shape index (κ3) is 3.54. The smallest absolute Gasteiger partial charge is 0.232 e. The van der Waals surface area contributed by atoms with Gasteiger partial charge in [-0.1, -0.05) is 60.7 Å². The maximum absolute atomic E-state index is 13.0. The molecule has 0 fully saturated rings. The average molecular weight is 319 g/mol. The minimum Gasteiger partial charge on any atom is -0.349 e. The predicted octanol–water partition coefficient (Wildman–Crippen LogP) is 3.43. The van der Waals surface area contributed by atoms with E-state index in [-0.39, 0.29) is 17.9 Å². The van der Waals surface area contributed by atoms with Gasteiger partial charge in [-0.25, -0.2) is 0 Å². The summed E-state index contributed by atoms with van der Waals surface area (Å²) in [4.78, 5) is 13.0. The van der Waals surface area contributed by atoms with E-state index >= 15 is 0 Å². The van der Waals surface area contributed by atoms with E-state index in [4.69, 9.17) is 0 Å². The van der Waals surface area contributed by atoms with Crippen molar-refractivity contribution in [1.82, 2.24) is 15.1 Å². The standard InChI is InChI=1S/C20H21N3O/c1-15(18-13-21-23(2)14-18)22-20(24)19(16-9-5-3-6-10-16)17-11-7-4-8-12-17/h3-15,19H,1-2H3,(H,22,24)/t15-/m0/s1. The van der Waals surface area contributed by atoms with Gasteiger partial charge >= 0.3 is 0 Å². The lowest BCUT2D eigenvalue weighted by Gasteiger charge is -2.20. The second-order valence-electron chi connectivity index (χ2n) is 5.93. The topological polar surface area (TPSA) is 46.9 Å². The highest BCUT2D eigenvalue weighted by molar-refractivity contribution is 5.87. The third-order valence-corrected chi connectivity index (χ3v) is 4.11. The fourth-order valence-corrected chi connectivity index (χ4v) is 2.83. The van der Waals surface area contributed by atoms with Gasteiger partial charge in [-0.3, -0.25) is 9.48 Å². The number of aryl methyl sites for hydroxylation is 1. The zero-order valence-corrected chi connectivity index (χ0v) is 13.9. The summed E-state index contributed by atoms with van der Waals surface area (Å²) in [5.41, 5.74) is 2.96. The van der Waals surface area contributed by atoms with Gasteiger partial charge in [0.1, 0.15) is 0 Å². The predicted molar refractivity (Wildman–Crippen MR) is 94.5 cm³/mol. The van der Waals surface area contributed by atoms with Crippen molar-refractivity contribution in [3.63, 3.8) is 0 Å². The van der Waals surface area contributed by atoms with Crippen molar-refractivity contribution in [3.8, 4) is 0 Å². The molecular formula is C20H21N3O. The Morgan fingerprint density at radius 2 is 1.50 bits per heavy atom. The summed E-state index contributed by atoms with van der Waals surface area (Å²) in [6.45, 7) is 1.97. The second-order valence-corrected chi connectivity index (χ2v) is 5.93. The first-order valence-electron chi connectivity index (χ1n) is 8.04. The lowest BCUT2D eigenvalue weighted by atomic mass is 9.90. The van der Waals surface area contributed by atoms with Gasteiger partial charge in [-0.05, 0) is 18.1 Å². The van der Waals surface area contributed by atoms with Gasteiger partial charge in [0.05, 0.1) is 18.2 Å². The van der Waals surface area contributed by atoms with Gasteiger partial charge in [0.25, 0.3) is 0 Å². The van der Waals surface area contributed by atoms with Crippen molar-refractivity contribution in [2.24, 2.45) is 7.05 Å². The summed E-state index contributed by atoms with van der Waals surface area (Å²) in [5, 5.41) is 7.29. The van der Waals surface area contributed by atoms with Crippen molar-refractivity contribution < 1.29 is 4.79 Å². The molecule has 0 bridgehead atoms. The first-order chi connectivity index (χ1) is 11.6. The first-order valence-corrected chi connectivity index (χ1v) is 8.04. The molecule has 0 aliphatic heterocycles. The van der Waals surface area contributed by atoms with Crippen LogP contribution in [0.4, 0.5) is 0 Å². The van der Waals surface area contributed by atoms with E-state index in [0.717, 1.165) is 16.7 Å². The highest BCUT2D eigenvalue weighted by atomic mass is 16.1. The monoisotopic (exact) mass is 319 g/mol. The Morgan fingerprint density at radius 1 is 0.958 bits per heavy atom. The number of aromatic nitrogens is 2. The highest BCUT2D eigenvalue weighted by Crippen LogP contribution is 2.26. The summed E-state index contributed by atoms with van der Waals surface area (Å²) in [7, 11) is 1.87. The molecule has 1 aromatic heterocycles. The largest absolute Gasteiger partial charge is 0.349 e. The number of benzene rings is 2. The molecule has 0 saturated heterocycles. The molecule has 1 atom stereocenters. The van der Waals surface area contributed by atoms with E-state index in [9.17, 15) is 4.79 Å². The van der Waals surface area contributed by atoms with Crippen LogP contribution in [0.2, 0.25) is 0 Å². The molecule has 2 aromatic carbocycles. The van der Waals surface area contributed by atoms with Gasteiger partial charge in [-0.15, -0.1) is 0 Å². The van der Waals surface area contributed by atoms with E-state index in [1.807, 2.05) is 80.8 Å². The minimum absolute atomic E-state index is 0.0104. The van der Waals surface area contributed by atoms with Crippen molar-refractivity contribution in [1.29, 1.82) is 0 Å². The summed E-state index contributed by atoms with van der Waals surface area (Å²) in [6.07, 6.45) is 3.70. The van der Waals surface area contributed by atoms with E-state index < -0.39 is 0 Å². The highest BCUT2D eigenvalue weighted by Gasteiger charge is 2.24. The number of amides is 1. The van der Waals surface area contributed by atoms with Crippen LogP contribution in [0.15, 0.2) is 73.1 Å². The Kier molecular flexibility index (Phi) is 4.75. The van der Waals surface area contributed by atoms with Gasteiger partial charge < -0.3 is 5.32 Å². The molecule has 0 saturated carbocycles. The molecule has 3 aromatic rings. The zero-order chi connectivity index (χ0) is 16.9. The van der Waals surface area contributed by atoms with Gasteiger partial charge in [-0.2, -0.15) is 5.10 Å². The summed E-state index contributed by atoms with van der Waals surface area (Å²) in [6, 6.07) is 19.6. The molecule has 24 heavy (non-hydrogen) atoms. The minimum atomic E-state index is -0.327. The average Bonchev–Trinajstić information content (AvgIpc) is 3.04. The lowest BCUT2D eigenvalue weighted by molar-refractivity contribution is -0.122. The lowest BCUT2D eigenvalue weighted by Crippen LogP contribution is -2.32.